The van der Waals surface area contributed by atoms with Gasteiger partial charge < -0.3 is 39.4 Å². The summed E-state index contributed by atoms with van der Waals surface area (Å²) in [6.45, 7) is 3.88. The minimum Gasteiger partial charge on any atom is -0.392 e. The molecule has 0 aromatic carbocycles. The molecule has 1 heterocycles. The monoisotopic (exact) mass is 483 g/mol. The van der Waals surface area contributed by atoms with Gasteiger partial charge in [0.05, 0.1) is 42.7 Å². The van der Waals surface area contributed by atoms with Crippen LogP contribution in [0.2, 0.25) is 0 Å². The lowest BCUT2D eigenvalue weighted by atomic mass is 9.42. The third-order valence-electron chi connectivity index (χ3n) is 11.6. The van der Waals surface area contributed by atoms with Gasteiger partial charge in [-0.05, 0) is 18.9 Å². The van der Waals surface area contributed by atoms with Crippen LogP contribution in [0.3, 0.4) is 0 Å². The van der Waals surface area contributed by atoms with Gasteiger partial charge in [-0.3, -0.25) is 4.90 Å². The second-order valence-corrected chi connectivity index (χ2v) is 12.0. The van der Waals surface area contributed by atoms with Crippen molar-refractivity contribution in [3.8, 4) is 0 Å². The van der Waals surface area contributed by atoms with Crippen molar-refractivity contribution in [2.75, 3.05) is 48.1 Å². The second kappa shape index (κ2) is 7.36. The molecule has 14 atom stereocenters. The average molecular weight is 484 g/mol. The zero-order valence-electron chi connectivity index (χ0n) is 20.9. The predicted molar refractivity (Wildman–Crippen MR) is 120 cm³/mol. The summed E-state index contributed by atoms with van der Waals surface area (Å²) in [4.78, 5) is 2.39. The number of likely N-dealkylation sites (tertiary alicyclic amines) is 1. The largest absolute Gasteiger partial charge is 0.392 e. The van der Waals surface area contributed by atoms with E-state index >= 15 is 0 Å². The molecule has 1 aliphatic heterocycles. The van der Waals surface area contributed by atoms with E-state index in [1.807, 2.05) is 0 Å². The Morgan fingerprint density at radius 2 is 1.62 bits per heavy atom. The van der Waals surface area contributed by atoms with Crippen LogP contribution in [-0.2, 0) is 18.9 Å². The first-order valence-electron chi connectivity index (χ1n) is 12.8. The van der Waals surface area contributed by atoms with E-state index in [-0.39, 0.29) is 42.4 Å². The van der Waals surface area contributed by atoms with E-state index < -0.39 is 46.3 Å². The van der Waals surface area contributed by atoms with Crippen LogP contribution in [0, 0.1) is 34.5 Å². The van der Waals surface area contributed by atoms with Crippen molar-refractivity contribution in [1.29, 1.82) is 0 Å². The lowest BCUT2D eigenvalue weighted by Gasteiger charge is -2.70. The summed E-state index contributed by atoms with van der Waals surface area (Å²) in [7, 11) is 6.61. The zero-order chi connectivity index (χ0) is 24.4. The summed E-state index contributed by atoms with van der Waals surface area (Å²) in [6, 6.07) is -0.0636. The van der Waals surface area contributed by atoms with E-state index in [1.165, 1.54) is 0 Å². The third-order valence-corrected chi connectivity index (χ3v) is 11.6. The van der Waals surface area contributed by atoms with Gasteiger partial charge in [0.25, 0.3) is 0 Å². The molecule has 7 unspecified atom stereocenters. The van der Waals surface area contributed by atoms with Crippen molar-refractivity contribution >= 4 is 0 Å². The summed E-state index contributed by atoms with van der Waals surface area (Å²) in [5.74, 6) is -1.20. The van der Waals surface area contributed by atoms with Crippen LogP contribution in [0.25, 0.3) is 0 Å². The van der Waals surface area contributed by atoms with Gasteiger partial charge in [0.15, 0.2) is 0 Å². The van der Waals surface area contributed by atoms with Gasteiger partial charge in [-0.25, -0.2) is 0 Å². The summed E-state index contributed by atoms with van der Waals surface area (Å²) in [6.07, 6.45) is -2.06. The molecule has 4 N–H and O–H groups in total. The topological polar surface area (TPSA) is 121 Å². The molecule has 1 saturated heterocycles. The molecule has 9 nitrogen and oxygen atoms in total. The number of fused-ring (bicyclic) bond motifs is 2. The highest BCUT2D eigenvalue weighted by Crippen LogP contribution is 2.79. The van der Waals surface area contributed by atoms with Crippen LogP contribution in [-0.4, -0.2) is 121 Å². The lowest BCUT2D eigenvalue weighted by Crippen LogP contribution is -2.78. The molecule has 6 aliphatic rings. The number of aliphatic hydroxyl groups excluding tert-OH is 2. The normalized spacial score (nSPS) is 61.7. The van der Waals surface area contributed by atoms with Crippen LogP contribution in [0.5, 0.6) is 0 Å². The van der Waals surface area contributed by atoms with Crippen molar-refractivity contribution in [2.24, 2.45) is 34.5 Å². The Balaban J connectivity index is 1.66. The van der Waals surface area contributed by atoms with Gasteiger partial charge in [0.2, 0.25) is 0 Å². The quantitative estimate of drug-likeness (QED) is 0.386. The number of aliphatic hydroxyl groups is 4. The zero-order valence-corrected chi connectivity index (χ0v) is 20.9. The molecule has 5 saturated carbocycles. The molecule has 1 spiro atoms. The Kier molecular flexibility index (Phi) is 5.19. The summed E-state index contributed by atoms with van der Waals surface area (Å²) >= 11 is 0. The van der Waals surface area contributed by atoms with E-state index in [0.29, 0.717) is 26.0 Å². The van der Waals surface area contributed by atoms with Gasteiger partial charge >= 0.3 is 0 Å². The van der Waals surface area contributed by atoms with E-state index in [1.54, 1.807) is 28.4 Å². The van der Waals surface area contributed by atoms with Crippen LogP contribution in [0.15, 0.2) is 0 Å². The standard InChI is InChI=1S/C25H41NO8/c1-6-26-10-22(11-31-2)13(27)7-14(32-3)25-12-8-23(29)15(33-4)9-24(30,16(12)21(23)28)17(20(25)26)18(34-5)19(22)25/h12-21,27-30H,6-11H2,1-5H3/t12-,13?,14?,15+,16-,17?,18?,19-,20-,21?,22?,23+,24-,25?/m1/s1. The van der Waals surface area contributed by atoms with Gasteiger partial charge in [-0.2, -0.15) is 0 Å². The van der Waals surface area contributed by atoms with Crippen LogP contribution in [0.1, 0.15) is 26.2 Å². The molecule has 0 aromatic heterocycles. The Bertz CT molecular complexity index is 846. The first-order chi connectivity index (χ1) is 16.2. The number of ether oxygens (including phenoxy) is 4. The lowest BCUT2D eigenvalue weighted by molar-refractivity contribution is -0.298. The number of hydrogen-bond acceptors (Lipinski definition) is 9. The van der Waals surface area contributed by atoms with Crippen molar-refractivity contribution in [3.05, 3.63) is 0 Å². The van der Waals surface area contributed by atoms with Crippen molar-refractivity contribution in [3.63, 3.8) is 0 Å². The highest BCUT2D eigenvalue weighted by molar-refractivity contribution is 5.38. The summed E-state index contributed by atoms with van der Waals surface area (Å²) in [5, 5.41) is 47.6. The number of methoxy groups -OCH3 is 4. The molecule has 6 fully saturated rings. The smallest absolute Gasteiger partial charge is 0.117 e. The maximum Gasteiger partial charge on any atom is 0.117 e. The molecule has 9 heteroatoms. The SMILES string of the molecule is CCN1CC2(COC)C(O)CC(OC)C34[C@@H]5C[C@@]6(O)C(O)[C@@H]5[C@](O)(C[C@@H]6OC)C(C(OC)[C@H]23)[C@@H]14. The Labute approximate surface area is 201 Å². The number of piperidine rings is 1. The predicted octanol–water partition coefficient (Wildman–Crippen LogP) is -0.758. The molecule has 6 rings (SSSR count). The van der Waals surface area contributed by atoms with E-state index in [2.05, 4.69) is 11.8 Å². The van der Waals surface area contributed by atoms with E-state index in [9.17, 15) is 20.4 Å². The minimum atomic E-state index is -1.43. The molecule has 0 aromatic rings. The molecular formula is C25H41NO8. The number of rotatable bonds is 6. The fourth-order valence-corrected chi connectivity index (χ4v) is 10.9. The Morgan fingerprint density at radius 1 is 0.912 bits per heavy atom. The molecule has 194 valence electrons. The molecule has 0 radical (unpaired) electrons. The van der Waals surface area contributed by atoms with E-state index in [4.69, 9.17) is 18.9 Å². The first kappa shape index (κ1) is 24.0. The van der Waals surface area contributed by atoms with Crippen LogP contribution < -0.4 is 0 Å². The fraction of sp³-hybridized carbons (Fsp3) is 1.00. The highest BCUT2D eigenvalue weighted by atomic mass is 16.5. The minimum absolute atomic E-state index is 0.0636. The Hall–Kier alpha value is -0.360. The second-order valence-electron chi connectivity index (χ2n) is 12.0. The van der Waals surface area contributed by atoms with Gasteiger partial charge in [-0.1, -0.05) is 6.92 Å². The molecule has 0 amide bonds. The van der Waals surface area contributed by atoms with Crippen molar-refractivity contribution < 1.29 is 39.4 Å². The molecular weight excluding hydrogens is 442 g/mol. The molecule has 34 heavy (non-hydrogen) atoms. The van der Waals surface area contributed by atoms with Gasteiger partial charge in [0, 0.05) is 82.5 Å². The van der Waals surface area contributed by atoms with E-state index in [0.717, 1.165) is 6.54 Å². The highest BCUT2D eigenvalue weighted by Gasteiger charge is 2.89. The number of nitrogens with zero attached hydrogens (tertiary/aromatic N) is 1. The number of hydrogen-bond donors (Lipinski definition) is 4. The maximum atomic E-state index is 12.6. The van der Waals surface area contributed by atoms with Crippen molar-refractivity contribution in [1.82, 2.24) is 4.90 Å². The first-order valence-corrected chi connectivity index (χ1v) is 12.8. The van der Waals surface area contributed by atoms with Crippen molar-refractivity contribution in [2.45, 2.75) is 73.9 Å². The van der Waals surface area contributed by atoms with Gasteiger partial charge in [-0.15, -0.1) is 0 Å². The maximum absolute atomic E-state index is 12.6. The van der Waals surface area contributed by atoms with Crippen LogP contribution >= 0.6 is 0 Å². The van der Waals surface area contributed by atoms with Gasteiger partial charge in [0.1, 0.15) is 5.60 Å². The van der Waals surface area contributed by atoms with Crippen LogP contribution in [0.4, 0.5) is 0 Å². The Morgan fingerprint density at radius 3 is 2.21 bits per heavy atom. The molecule has 7 bridgehead atoms. The third kappa shape index (κ3) is 2.26. The summed E-state index contributed by atoms with van der Waals surface area (Å²) < 4.78 is 24.0. The molecule has 5 aliphatic carbocycles. The summed E-state index contributed by atoms with van der Waals surface area (Å²) in [5.41, 5.74) is -3.83. The average Bonchev–Trinajstić information content (AvgIpc) is 3.17. The fourth-order valence-electron chi connectivity index (χ4n) is 10.9.